The van der Waals surface area contributed by atoms with Crippen LogP contribution in [0.3, 0.4) is 0 Å². The van der Waals surface area contributed by atoms with Crippen LogP contribution in [0.2, 0.25) is 0 Å². The molecule has 1 fully saturated rings. The Kier molecular flexibility index (Phi) is 4.41. The van der Waals surface area contributed by atoms with Crippen molar-refractivity contribution in [3.8, 4) is 5.75 Å². The highest BCUT2D eigenvalue weighted by Crippen LogP contribution is 2.31. The molecule has 0 aliphatic carbocycles. The minimum Gasteiger partial charge on any atom is -0.495 e. The van der Waals surface area contributed by atoms with E-state index in [4.69, 9.17) is 10.5 Å². The lowest BCUT2D eigenvalue weighted by molar-refractivity contribution is -0.385. The maximum Gasteiger partial charge on any atom is 0.276 e. The average molecular weight is 280 g/mol. The molecule has 110 valence electrons. The van der Waals surface area contributed by atoms with Crippen molar-refractivity contribution in [1.82, 2.24) is 9.80 Å². The summed E-state index contributed by atoms with van der Waals surface area (Å²) in [6, 6.07) is 3.05. The lowest BCUT2D eigenvalue weighted by atomic mass is 10.1. The minimum atomic E-state index is -0.388. The van der Waals surface area contributed by atoms with Crippen LogP contribution in [0.1, 0.15) is 5.56 Å². The molecule has 7 nitrogen and oxygen atoms in total. The molecule has 1 aromatic carbocycles. The van der Waals surface area contributed by atoms with Crippen molar-refractivity contribution >= 4 is 11.4 Å². The van der Waals surface area contributed by atoms with Gasteiger partial charge in [0.05, 0.1) is 17.7 Å². The van der Waals surface area contributed by atoms with Crippen LogP contribution in [0, 0.1) is 10.1 Å². The van der Waals surface area contributed by atoms with E-state index in [1.807, 2.05) is 0 Å². The van der Waals surface area contributed by atoms with E-state index in [9.17, 15) is 10.1 Å². The summed E-state index contributed by atoms with van der Waals surface area (Å²) in [5.74, 6) is 0.486. The van der Waals surface area contributed by atoms with Crippen LogP contribution in [0.4, 0.5) is 11.4 Å². The number of nitro groups is 1. The van der Waals surface area contributed by atoms with Gasteiger partial charge in [0.1, 0.15) is 5.75 Å². The summed E-state index contributed by atoms with van der Waals surface area (Å²) < 4.78 is 5.15. The minimum absolute atomic E-state index is 0.0576. The highest BCUT2D eigenvalue weighted by atomic mass is 16.6. The van der Waals surface area contributed by atoms with Crippen LogP contribution in [0.15, 0.2) is 12.1 Å². The van der Waals surface area contributed by atoms with Crippen LogP contribution < -0.4 is 10.5 Å². The maximum absolute atomic E-state index is 11.1. The predicted octanol–water partition coefficient (Wildman–Crippen LogP) is 0.933. The molecular formula is C13H20N4O3. The first-order chi connectivity index (χ1) is 9.51. The van der Waals surface area contributed by atoms with Gasteiger partial charge in [-0.05, 0) is 13.1 Å². The number of anilines is 1. The number of hydrogen-bond donors (Lipinski definition) is 1. The summed E-state index contributed by atoms with van der Waals surface area (Å²) in [7, 11) is 3.59. The Hall–Kier alpha value is -1.86. The summed E-state index contributed by atoms with van der Waals surface area (Å²) >= 11 is 0. The van der Waals surface area contributed by atoms with Gasteiger partial charge < -0.3 is 15.4 Å². The fourth-order valence-electron chi connectivity index (χ4n) is 2.35. The van der Waals surface area contributed by atoms with Gasteiger partial charge in [-0.2, -0.15) is 0 Å². The topological polar surface area (TPSA) is 84.9 Å². The van der Waals surface area contributed by atoms with Gasteiger partial charge in [0.15, 0.2) is 0 Å². The van der Waals surface area contributed by atoms with Crippen LogP contribution in [0.5, 0.6) is 5.75 Å². The molecule has 1 heterocycles. The van der Waals surface area contributed by atoms with Gasteiger partial charge in [0.2, 0.25) is 0 Å². The zero-order valence-electron chi connectivity index (χ0n) is 11.8. The van der Waals surface area contributed by atoms with Crippen LogP contribution in [0.25, 0.3) is 0 Å². The first kappa shape index (κ1) is 14.5. The van der Waals surface area contributed by atoms with Crippen LogP contribution >= 0.6 is 0 Å². The largest absolute Gasteiger partial charge is 0.495 e. The molecule has 1 aliphatic heterocycles. The van der Waals surface area contributed by atoms with E-state index in [-0.39, 0.29) is 10.6 Å². The molecule has 0 spiro atoms. The first-order valence-electron chi connectivity index (χ1n) is 6.53. The Labute approximate surface area is 118 Å². The van der Waals surface area contributed by atoms with Gasteiger partial charge in [-0.3, -0.25) is 15.0 Å². The van der Waals surface area contributed by atoms with E-state index < -0.39 is 0 Å². The summed E-state index contributed by atoms with van der Waals surface area (Å²) in [6.45, 7) is 4.29. The molecule has 0 amide bonds. The van der Waals surface area contributed by atoms with Crippen molar-refractivity contribution < 1.29 is 9.66 Å². The van der Waals surface area contributed by atoms with Crippen LogP contribution in [-0.2, 0) is 6.54 Å². The Morgan fingerprint density at radius 1 is 1.35 bits per heavy atom. The number of nitrogen functional groups attached to an aromatic ring is 1. The summed E-state index contributed by atoms with van der Waals surface area (Å²) in [6.07, 6.45) is 0. The number of nitrogens with zero attached hydrogens (tertiary/aromatic N) is 3. The van der Waals surface area contributed by atoms with Gasteiger partial charge in [-0.15, -0.1) is 0 Å². The van der Waals surface area contributed by atoms with E-state index in [2.05, 4.69) is 16.8 Å². The number of nitro benzene ring substituents is 1. The first-order valence-corrected chi connectivity index (χ1v) is 6.53. The monoisotopic (exact) mass is 280 g/mol. The molecule has 1 aromatic rings. The quantitative estimate of drug-likeness (QED) is 0.502. The molecule has 1 aliphatic rings. The molecule has 20 heavy (non-hydrogen) atoms. The number of ether oxygens (including phenoxy) is 1. The second-order valence-electron chi connectivity index (χ2n) is 5.06. The molecule has 7 heteroatoms. The van der Waals surface area contributed by atoms with Gasteiger partial charge >= 0.3 is 0 Å². The third-order valence-electron chi connectivity index (χ3n) is 3.62. The number of piperazine rings is 1. The molecule has 0 saturated carbocycles. The van der Waals surface area contributed by atoms with Crippen molar-refractivity contribution in [2.45, 2.75) is 6.54 Å². The maximum atomic E-state index is 11.1. The van der Waals surface area contributed by atoms with E-state index in [1.165, 1.54) is 13.2 Å². The van der Waals surface area contributed by atoms with Gasteiger partial charge in [-0.1, -0.05) is 0 Å². The lowest BCUT2D eigenvalue weighted by Gasteiger charge is -2.32. The third kappa shape index (κ3) is 3.17. The summed E-state index contributed by atoms with van der Waals surface area (Å²) in [5, 5.41) is 11.1. The molecule has 2 N–H and O–H groups in total. The number of nitrogens with two attached hydrogens (primary N) is 1. The Morgan fingerprint density at radius 2 is 2.00 bits per heavy atom. The highest BCUT2D eigenvalue weighted by Gasteiger charge is 2.21. The molecule has 2 rings (SSSR count). The van der Waals surface area contributed by atoms with E-state index in [1.54, 1.807) is 6.07 Å². The molecule has 0 aromatic heterocycles. The summed E-state index contributed by atoms with van der Waals surface area (Å²) in [5.41, 5.74) is 6.73. The Balaban J connectivity index is 2.22. The zero-order chi connectivity index (χ0) is 14.7. The second-order valence-corrected chi connectivity index (χ2v) is 5.06. The Morgan fingerprint density at radius 3 is 2.55 bits per heavy atom. The van der Waals surface area contributed by atoms with Gasteiger partial charge in [-0.25, -0.2) is 0 Å². The van der Waals surface area contributed by atoms with Crippen molar-refractivity contribution in [1.29, 1.82) is 0 Å². The third-order valence-corrected chi connectivity index (χ3v) is 3.62. The molecule has 0 bridgehead atoms. The number of benzene rings is 1. The van der Waals surface area contributed by atoms with Crippen molar-refractivity contribution in [2.75, 3.05) is 46.1 Å². The van der Waals surface area contributed by atoms with Gasteiger partial charge in [0, 0.05) is 44.4 Å². The van der Waals surface area contributed by atoms with Crippen molar-refractivity contribution in [3.05, 3.63) is 27.8 Å². The standard InChI is InChI=1S/C13H20N4O3/c1-15-3-5-16(6-4-15)9-10-7-13(20-2)11(14)8-12(10)17(18)19/h7-8H,3-6,9,14H2,1-2H3. The van der Waals surface area contributed by atoms with Crippen molar-refractivity contribution in [3.63, 3.8) is 0 Å². The number of methoxy groups -OCH3 is 1. The fraction of sp³-hybridized carbons (Fsp3) is 0.538. The molecule has 0 atom stereocenters. The average Bonchev–Trinajstić information content (AvgIpc) is 2.42. The fourth-order valence-corrected chi connectivity index (χ4v) is 2.35. The molecule has 1 saturated heterocycles. The lowest BCUT2D eigenvalue weighted by Crippen LogP contribution is -2.43. The van der Waals surface area contributed by atoms with Gasteiger partial charge in [0.25, 0.3) is 5.69 Å². The number of rotatable bonds is 4. The molecular weight excluding hydrogens is 260 g/mol. The smallest absolute Gasteiger partial charge is 0.276 e. The summed E-state index contributed by atoms with van der Waals surface area (Å²) in [4.78, 5) is 15.2. The predicted molar refractivity (Wildman–Crippen MR) is 76.8 cm³/mol. The van der Waals surface area contributed by atoms with Crippen LogP contribution in [-0.4, -0.2) is 55.1 Å². The number of hydrogen-bond acceptors (Lipinski definition) is 6. The SMILES string of the molecule is COc1cc(CN2CCN(C)CC2)c([N+](=O)[O-])cc1N. The van der Waals surface area contributed by atoms with E-state index >= 15 is 0 Å². The number of likely N-dealkylation sites (N-methyl/N-ethyl adjacent to an activating group) is 1. The highest BCUT2D eigenvalue weighted by molar-refractivity contribution is 5.62. The Bertz CT molecular complexity index is 499. The molecule has 0 radical (unpaired) electrons. The second kappa shape index (κ2) is 6.06. The zero-order valence-corrected chi connectivity index (χ0v) is 11.8. The van der Waals surface area contributed by atoms with Crippen molar-refractivity contribution in [2.24, 2.45) is 0 Å². The molecule has 0 unspecified atom stereocenters. The van der Waals surface area contributed by atoms with E-state index in [0.717, 1.165) is 26.2 Å². The normalized spacial score (nSPS) is 17.1. The van der Waals surface area contributed by atoms with E-state index in [0.29, 0.717) is 23.5 Å².